The Kier molecular flexibility index (Phi) is 3.84. The van der Waals surface area contributed by atoms with E-state index in [1.165, 1.54) is 0 Å². The molecule has 1 aromatic rings. The lowest BCUT2D eigenvalue weighted by atomic mass is 10.1. The third-order valence-corrected chi connectivity index (χ3v) is 3.54. The van der Waals surface area contributed by atoms with Crippen LogP contribution in [0.15, 0.2) is 22.7 Å². The lowest BCUT2D eigenvalue weighted by Crippen LogP contribution is -2.47. The molecule has 0 N–H and O–H groups in total. The van der Waals surface area contributed by atoms with Crippen LogP contribution in [0.2, 0.25) is 0 Å². The molecule has 0 bridgehead atoms. The van der Waals surface area contributed by atoms with Gasteiger partial charge in [-0.15, -0.1) is 0 Å². The summed E-state index contributed by atoms with van der Waals surface area (Å²) >= 11 is 3.44. The Morgan fingerprint density at radius 2 is 1.82 bits per heavy atom. The predicted octanol–water partition coefficient (Wildman–Crippen LogP) is 2.15. The van der Waals surface area contributed by atoms with Gasteiger partial charge in [-0.1, -0.05) is 15.9 Å². The molecular formula is C13H17BrN2O. The van der Waals surface area contributed by atoms with Gasteiger partial charge in [-0.05, 0) is 37.7 Å². The molecule has 1 aliphatic heterocycles. The van der Waals surface area contributed by atoms with Crippen LogP contribution in [0.25, 0.3) is 0 Å². The minimum absolute atomic E-state index is 0.141. The lowest BCUT2D eigenvalue weighted by Gasteiger charge is -2.32. The molecule has 1 aromatic carbocycles. The first-order valence-electron chi connectivity index (χ1n) is 5.81. The number of carbonyl (C=O) groups is 1. The van der Waals surface area contributed by atoms with Gasteiger partial charge in [-0.25, -0.2) is 0 Å². The van der Waals surface area contributed by atoms with Gasteiger partial charge < -0.3 is 9.80 Å². The number of hydrogen-bond donors (Lipinski definition) is 0. The van der Waals surface area contributed by atoms with Gasteiger partial charge in [0, 0.05) is 36.2 Å². The van der Waals surface area contributed by atoms with Crippen molar-refractivity contribution in [3.8, 4) is 0 Å². The fourth-order valence-corrected chi connectivity index (χ4v) is 2.66. The van der Waals surface area contributed by atoms with Crippen LogP contribution in [0.5, 0.6) is 0 Å². The predicted molar refractivity (Wildman–Crippen MR) is 72.3 cm³/mol. The summed E-state index contributed by atoms with van der Waals surface area (Å²) in [4.78, 5) is 16.5. The number of hydrogen-bond acceptors (Lipinski definition) is 2. The van der Waals surface area contributed by atoms with Crippen LogP contribution in [-0.2, 0) is 0 Å². The van der Waals surface area contributed by atoms with Crippen molar-refractivity contribution in [1.29, 1.82) is 0 Å². The van der Waals surface area contributed by atoms with E-state index in [2.05, 4.69) is 27.9 Å². The number of amides is 1. The molecule has 0 atom stereocenters. The van der Waals surface area contributed by atoms with Gasteiger partial charge in [0.25, 0.3) is 5.91 Å². The second-order valence-electron chi connectivity index (χ2n) is 4.61. The van der Waals surface area contributed by atoms with E-state index in [1.54, 1.807) is 0 Å². The molecule has 2 rings (SSSR count). The standard InChI is InChI=1S/C13H17BrN2O/c1-10-7-11(9-12(14)8-10)13(17)16-5-3-15(2)4-6-16/h7-9H,3-6H2,1-2H3. The van der Waals surface area contributed by atoms with Gasteiger partial charge in [0.1, 0.15) is 0 Å². The Morgan fingerprint density at radius 3 is 2.41 bits per heavy atom. The van der Waals surface area contributed by atoms with Gasteiger partial charge >= 0.3 is 0 Å². The molecule has 0 aromatic heterocycles. The average molecular weight is 297 g/mol. The highest BCUT2D eigenvalue weighted by Crippen LogP contribution is 2.17. The van der Waals surface area contributed by atoms with Crippen molar-refractivity contribution in [2.75, 3.05) is 33.2 Å². The smallest absolute Gasteiger partial charge is 0.253 e. The zero-order chi connectivity index (χ0) is 12.4. The van der Waals surface area contributed by atoms with Crippen LogP contribution in [0.4, 0.5) is 0 Å². The molecule has 4 heteroatoms. The largest absolute Gasteiger partial charge is 0.336 e. The monoisotopic (exact) mass is 296 g/mol. The maximum absolute atomic E-state index is 12.3. The number of halogens is 1. The molecule has 1 saturated heterocycles. The lowest BCUT2D eigenvalue weighted by molar-refractivity contribution is 0.0664. The Morgan fingerprint density at radius 1 is 1.18 bits per heavy atom. The van der Waals surface area contributed by atoms with Crippen molar-refractivity contribution in [2.24, 2.45) is 0 Å². The summed E-state index contributed by atoms with van der Waals surface area (Å²) in [5.74, 6) is 0.141. The Labute approximate surface area is 111 Å². The summed E-state index contributed by atoms with van der Waals surface area (Å²) in [6.07, 6.45) is 0. The quantitative estimate of drug-likeness (QED) is 0.793. The minimum Gasteiger partial charge on any atom is -0.336 e. The second-order valence-corrected chi connectivity index (χ2v) is 5.53. The van der Waals surface area contributed by atoms with Crippen molar-refractivity contribution in [3.63, 3.8) is 0 Å². The Balaban J connectivity index is 2.14. The topological polar surface area (TPSA) is 23.6 Å². The highest BCUT2D eigenvalue weighted by Gasteiger charge is 2.20. The number of nitrogens with zero attached hydrogens (tertiary/aromatic N) is 2. The first kappa shape index (κ1) is 12.6. The van der Waals surface area contributed by atoms with E-state index in [4.69, 9.17) is 0 Å². The van der Waals surface area contributed by atoms with Gasteiger partial charge in [0.2, 0.25) is 0 Å². The van der Waals surface area contributed by atoms with Crippen molar-refractivity contribution in [3.05, 3.63) is 33.8 Å². The molecule has 1 heterocycles. The Bertz CT molecular complexity index is 405. The van der Waals surface area contributed by atoms with Crippen molar-refractivity contribution >= 4 is 21.8 Å². The molecule has 1 fully saturated rings. The SMILES string of the molecule is Cc1cc(Br)cc(C(=O)N2CCN(C)CC2)c1. The normalized spacial score (nSPS) is 17.2. The van der Waals surface area contributed by atoms with Crippen LogP contribution in [0, 0.1) is 6.92 Å². The van der Waals surface area contributed by atoms with Crippen LogP contribution in [0.3, 0.4) is 0 Å². The first-order valence-corrected chi connectivity index (χ1v) is 6.60. The number of carbonyl (C=O) groups excluding carboxylic acids is 1. The van der Waals surface area contributed by atoms with Crippen LogP contribution in [-0.4, -0.2) is 48.9 Å². The van der Waals surface area contributed by atoms with Gasteiger partial charge in [-0.2, -0.15) is 0 Å². The van der Waals surface area contributed by atoms with E-state index < -0.39 is 0 Å². The summed E-state index contributed by atoms with van der Waals surface area (Å²) in [6, 6.07) is 5.86. The molecular weight excluding hydrogens is 280 g/mol. The van der Waals surface area contributed by atoms with Crippen LogP contribution < -0.4 is 0 Å². The van der Waals surface area contributed by atoms with Crippen LogP contribution in [0.1, 0.15) is 15.9 Å². The molecule has 0 unspecified atom stereocenters. The molecule has 17 heavy (non-hydrogen) atoms. The second kappa shape index (κ2) is 5.19. The first-order chi connectivity index (χ1) is 8.06. The summed E-state index contributed by atoms with van der Waals surface area (Å²) < 4.78 is 0.968. The average Bonchev–Trinajstić information content (AvgIpc) is 2.28. The summed E-state index contributed by atoms with van der Waals surface area (Å²) in [6.45, 7) is 5.56. The van der Waals surface area contributed by atoms with Crippen molar-refractivity contribution in [1.82, 2.24) is 9.80 Å². The zero-order valence-corrected chi connectivity index (χ0v) is 11.8. The van der Waals surface area contributed by atoms with Crippen LogP contribution >= 0.6 is 15.9 Å². The maximum Gasteiger partial charge on any atom is 0.253 e. The fourth-order valence-electron chi connectivity index (χ4n) is 2.05. The zero-order valence-electron chi connectivity index (χ0n) is 10.2. The molecule has 0 aliphatic carbocycles. The highest BCUT2D eigenvalue weighted by molar-refractivity contribution is 9.10. The third-order valence-electron chi connectivity index (χ3n) is 3.08. The number of benzene rings is 1. The van der Waals surface area contributed by atoms with E-state index in [-0.39, 0.29) is 5.91 Å². The minimum atomic E-state index is 0.141. The summed E-state index contributed by atoms with van der Waals surface area (Å²) in [7, 11) is 2.09. The van der Waals surface area contributed by atoms with E-state index in [0.29, 0.717) is 0 Å². The third kappa shape index (κ3) is 3.07. The number of rotatable bonds is 1. The van der Waals surface area contributed by atoms with Gasteiger partial charge in [-0.3, -0.25) is 4.79 Å². The van der Waals surface area contributed by atoms with Crippen molar-refractivity contribution in [2.45, 2.75) is 6.92 Å². The summed E-state index contributed by atoms with van der Waals surface area (Å²) in [5.41, 5.74) is 1.89. The van der Waals surface area contributed by atoms with Crippen molar-refractivity contribution < 1.29 is 4.79 Å². The summed E-state index contributed by atoms with van der Waals surface area (Å²) in [5, 5.41) is 0. The Hall–Kier alpha value is -0.870. The molecule has 1 aliphatic rings. The van der Waals surface area contributed by atoms with E-state index in [1.807, 2.05) is 30.0 Å². The van der Waals surface area contributed by atoms with E-state index >= 15 is 0 Å². The molecule has 1 amide bonds. The van der Waals surface area contributed by atoms with Gasteiger partial charge in [0.05, 0.1) is 0 Å². The number of piperazine rings is 1. The maximum atomic E-state index is 12.3. The number of aryl methyl sites for hydroxylation is 1. The highest BCUT2D eigenvalue weighted by atomic mass is 79.9. The molecule has 0 saturated carbocycles. The number of likely N-dealkylation sites (N-methyl/N-ethyl adjacent to an activating group) is 1. The van der Waals surface area contributed by atoms with E-state index in [0.717, 1.165) is 41.8 Å². The molecule has 0 spiro atoms. The van der Waals surface area contributed by atoms with Gasteiger partial charge in [0.15, 0.2) is 0 Å². The van der Waals surface area contributed by atoms with E-state index in [9.17, 15) is 4.79 Å². The fraction of sp³-hybridized carbons (Fsp3) is 0.462. The molecule has 92 valence electrons. The molecule has 3 nitrogen and oxygen atoms in total. The molecule has 0 radical (unpaired) electrons.